The number of nitrogens with zero attached hydrogens (tertiary/aromatic N) is 1. The van der Waals surface area contributed by atoms with Crippen LogP contribution in [-0.2, 0) is 6.54 Å². The van der Waals surface area contributed by atoms with E-state index >= 15 is 0 Å². The molecule has 2 atom stereocenters. The van der Waals surface area contributed by atoms with Crippen LogP contribution in [0, 0.1) is 5.92 Å². The Kier molecular flexibility index (Phi) is 3.54. The Bertz CT molecular complexity index is 385. The van der Waals surface area contributed by atoms with E-state index in [0.717, 1.165) is 25.2 Å². The quantitative estimate of drug-likeness (QED) is 0.827. The molecule has 1 heterocycles. The van der Waals surface area contributed by atoms with Gasteiger partial charge in [-0.1, -0.05) is 19.1 Å². The molecule has 0 aromatic heterocycles. The largest absolute Gasteiger partial charge is 0.504 e. The molecule has 1 saturated heterocycles. The van der Waals surface area contributed by atoms with Gasteiger partial charge in [0.15, 0.2) is 11.5 Å². The smallest absolute Gasteiger partial charge is 0.162 e. The summed E-state index contributed by atoms with van der Waals surface area (Å²) in [6.45, 7) is 4.76. The van der Waals surface area contributed by atoms with Crippen LogP contribution >= 0.6 is 0 Å². The molecule has 1 aromatic carbocycles. The molecular weight excluding hydrogens is 216 g/mol. The number of rotatable bonds is 3. The van der Waals surface area contributed by atoms with E-state index in [4.69, 9.17) is 10.5 Å². The summed E-state index contributed by atoms with van der Waals surface area (Å²) in [5, 5.41) is 10.00. The third-order valence-corrected chi connectivity index (χ3v) is 3.44. The van der Waals surface area contributed by atoms with Gasteiger partial charge in [0.25, 0.3) is 0 Å². The first-order valence-corrected chi connectivity index (χ1v) is 5.94. The highest BCUT2D eigenvalue weighted by molar-refractivity contribution is 5.45. The Morgan fingerprint density at radius 2 is 2.24 bits per heavy atom. The molecular formula is C13H20N2O2. The summed E-state index contributed by atoms with van der Waals surface area (Å²) in [4.78, 5) is 2.27. The van der Waals surface area contributed by atoms with E-state index in [1.54, 1.807) is 13.2 Å². The lowest BCUT2D eigenvalue weighted by Crippen LogP contribution is -2.28. The molecule has 0 bridgehead atoms. The maximum Gasteiger partial charge on any atom is 0.162 e. The highest BCUT2D eigenvalue weighted by atomic mass is 16.5. The second-order valence-electron chi connectivity index (χ2n) is 4.80. The van der Waals surface area contributed by atoms with E-state index in [1.807, 2.05) is 12.1 Å². The van der Waals surface area contributed by atoms with E-state index in [-0.39, 0.29) is 11.8 Å². The summed E-state index contributed by atoms with van der Waals surface area (Å²) >= 11 is 0. The number of aromatic hydroxyl groups is 1. The van der Waals surface area contributed by atoms with Crippen molar-refractivity contribution in [1.29, 1.82) is 0 Å². The summed E-state index contributed by atoms with van der Waals surface area (Å²) in [6.07, 6.45) is 0. The van der Waals surface area contributed by atoms with Crippen molar-refractivity contribution in [3.05, 3.63) is 23.8 Å². The number of likely N-dealkylation sites (tertiary alicyclic amines) is 1. The Hall–Kier alpha value is -1.26. The van der Waals surface area contributed by atoms with Crippen molar-refractivity contribution in [3.8, 4) is 11.5 Å². The van der Waals surface area contributed by atoms with Gasteiger partial charge in [0.1, 0.15) is 0 Å². The maximum absolute atomic E-state index is 10.00. The average molecular weight is 236 g/mol. The summed E-state index contributed by atoms with van der Waals surface area (Å²) in [7, 11) is 1.56. The van der Waals surface area contributed by atoms with Gasteiger partial charge in [0, 0.05) is 31.2 Å². The highest BCUT2D eigenvalue weighted by Crippen LogP contribution is 2.31. The number of methoxy groups -OCH3 is 1. The minimum absolute atomic E-state index is 0.239. The van der Waals surface area contributed by atoms with Crippen LogP contribution in [0.1, 0.15) is 12.5 Å². The minimum atomic E-state index is 0.239. The fourth-order valence-corrected chi connectivity index (χ4v) is 2.33. The molecule has 4 nitrogen and oxygen atoms in total. The molecule has 17 heavy (non-hydrogen) atoms. The Balaban J connectivity index is 2.09. The lowest BCUT2D eigenvalue weighted by molar-refractivity contribution is 0.308. The van der Waals surface area contributed by atoms with Crippen LogP contribution in [0.4, 0.5) is 0 Å². The predicted molar refractivity (Wildman–Crippen MR) is 67.1 cm³/mol. The van der Waals surface area contributed by atoms with Crippen molar-refractivity contribution in [2.75, 3.05) is 20.2 Å². The SMILES string of the molecule is COc1cccc(CN2CC(C)C(N)C2)c1O. The fraction of sp³-hybridized carbons (Fsp3) is 0.538. The zero-order chi connectivity index (χ0) is 12.4. The second-order valence-corrected chi connectivity index (χ2v) is 4.80. The highest BCUT2D eigenvalue weighted by Gasteiger charge is 2.27. The topological polar surface area (TPSA) is 58.7 Å². The Morgan fingerprint density at radius 3 is 2.82 bits per heavy atom. The molecule has 1 aliphatic heterocycles. The molecule has 2 rings (SSSR count). The van der Waals surface area contributed by atoms with Crippen LogP contribution in [-0.4, -0.2) is 36.2 Å². The van der Waals surface area contributed by atoms with Crippen LogP contribution in [0.25, 0.3) is 0 Å². The zero-order valence-corrected chi connectivity index (χ0v) is 10.4. The van der Waals surface area contributed by atoms with Gasteiger partial charge in [-0.05, 0) is 12.0 Å². The molecule has 1 fully saturated rings. The van der Waals surface area contributed by atoms with Gasteiger partial charge in [-0.25, -0.2) is 0 Å². The van der Waals surface area contributed by atoms with Crippen LogP contribution in [0.15, 0.2) is 18.2 Å². The first kappa shape index (κ1) is 12.2. The van der Waals surface area contributed by atoms with Gasteiger partial charge in [0.2, 0.25) is 0 Å². The third-order valence-electron chi connectivity index (χ3n) is 3.44. The van der Waals surface area contributed by atoms with E-state index < -0.39 is 0 Å². The maximum atomic E-state index is 10.00. The monoisotopic (exact) mass is 236 g/mol. The molecule has 0 saturated carbocycles. The van der Waals surface area contributed by atoms with E-state index in [2.05, 4.69) is 11.8 Å². The molecule has 3 N–H and O–H groups in total. The molecule has 1 aliphatic rings. The van der Waals surface area contributed by atoms with Gasteiger partial charge < -0.3 is 15.6 Å². The zero-order valence-electron chi connectivity index (χ0n) is 10.4. The molecule has 0 aliphatic carbocycles. The third kappa shape index (κ3) is 2.53. The van der Waals surface area contributed by atoms with Crippen molar-refractivity contribution >= 4 is 0 Å². The number of nitrogens with two attached hydrogens (primary N) is 1. The second kappa shape index (κ2) is 4.94. The number of phenolic OH excluding ortho intramolecular Hbond substituents is 1. The van der Waals surface area contributed by atoms with Crippen molar-refractivity contribution < 1.29 is 9.84 Å². The summed E-state index contributed by atoms with van der Waals surface area (Å²) in [5.74, 6) is 1.28. The number of hydrogen-bond donors (Lipinski definition) is 2. The normalized spacial score (nSPS) is 25.1. The molecule has 0 radical (unpaired) electrons. The average Bonchev–Trinajstić information content (AvgIpc) is 2.61. The van der Waals surface area contributed by atoms with Gasteiger partial charge in [-0.3, -0.25) is 4.90 Å². The van der Waals surface area contributed by atoms with Crippen LogP contribution in [0.2, 0.25) is 0 Å². The van der Waals surface area contributed by atoms with E-state index in [0.29, 0.717) is 11.7 Å². The van der Waals surface area contributed by atoms with Gasteiger partial charge in [-0.2, -0.15) is 0 Å². The minimum Gasteiger partial charge on any atom is -0.504 e. The van der Waals surface area contributed by atoms with Crippen LogP contribution in [0.3, 0.4) is 0 Å². The summed E-state index contributed by atoms with van der Waals surface area (Å²) < 4.78 is 5.10. The number of para-hydroxylation sites is 1. The lowest BCUT2D eigenvalue weighted by atomic mass is 10.1. The molecule has 94 valence electrons. The van der Waals surface area contributed by atoms with E-state index in [9.17, 15) is 5.11 Å². The molecule has 0 spiro atoms. The molecule has 4 heteroatoms. The number of ether oxygens (including phenoxy) is 1. The van der Waals surface area contributed by atoms with E-state index in [1.165, 1.54) is 0 Å². The van der Waals surface area contributed by atoms with Gasteiger partial charge in [0.05, 0.1) is 7.11 Å². The number of phenols is 1. The molecule has 1 aromatic rings. The van der Waals surface area contributed by atoms with Crippen LogP contribution in [0.5, 0.6) is 11.5 Å². The number of hydrogen-bond acceptors (Lipinski definition) is 4. The van der Waals surface area contributed by atoms with Crippen LogP contribution < -0.4 is 10.5 Å². The Labute approximate surface area is 102 Å². The fourth-order valence-electron chi connectivity index (χ4n) is 2.33. The number of benzene rings is 1. The summed E-state index contributed by atoms with van der Waals surface area (Å²) in [6, 6.07) is 5.82. The molecule has 0 amide bonds. The first-order chi connectivity index (χ1) is 8.11. The predicted octanol–water partition coefficient (Wildman–Crippen LogP) is 1.18. The van der Waals surface area contributed by atoms with Crippen molar-refractivity contribution in [2.45, 2.75) is 19.5 Å². The van der Waals surface area contributed by atoms with Gasteiger partial charge >= 0.3 is 0 Å². The van der Waals surface area contributed by atoms with Crippen molar-refractivity contribution in [2.24, 2.45) is 11.7 Å². The standard InChI is InChI=1S/C13H20N2O2/c1-9-6-15(8-11(9)14)7-10-4-3-5-12(17-2)13(10)16/h3-5,9,11,16H,6-8,14H2,1-2H3. The summed E-state index contributed by atoms with van der Waals surface area (Å²) in [5.41, 5.74) is 6.88. The van der Waals surface area contributed by atoms with Crippen molar-refractivity contribution in [3.63, 3.8) is 0 Å². The molecule has 2 unspecified atom stereocenters. The lowest BCUT2D eigenvalue weighted by Gasteiger charge is -2.17. The van der Waals surface area contributed by atoms with Gasteiger partial charge in [-0.15, -0.1) is 0 Å². The first-order valence-electron chi connectivity index (χ1n) is 5.94. The Morgan fingerprint density at radius 1 is 1.47 bits per heavy atom. The van der Waals surface area contributed by atoms with Crippen molar-refractivity contribution in [1.82, 2.24) is 4.90 Å².